The molecule has 1 fully saturated rings. The van der Waals surface area contributed by atoms with Crippen LogP contribution in [0.15, 0.2) is 24.4 Å². The van der Waals surface area contributed by atoms with Gasteiger partial charge in [-0.1, -0.05) is 0 Å². The van der Waals surface area contributed by atoms with Crippen LogP contribution in [0.3, 0.4) is 0 Å². The van der Waals surface area contributed by atoms with Gasteiger partial charge in [-0.25, -0.2) is 4.79 Å². The van der Waals surface area contributed by atoms with Crippen LogP contribution in [0, 0.1) is 0 Å². The number of hydrogen-bond acceptors (Lipinski definition) is 6. The van der Waals surface area contributed by atoms with Crippen LogP contribution in [0.25, 0.3) is 10.9 Å². The van der Waals surface area contributed by atoms with Crippen LogP contribution in [0.5, 0.6) is 5.75 Å². The minimum Gasteiger partial charge on any atom is -0.544 e. The number of aliphatic carboxylic acids is 1. The number of H-pyrrole nitrogens is 1. The number of nitrogens with one attached hydrogen (secondary N) is 3. The van der Waals surface area contributed by atoms with E-state index in [4.69, 9.17) is 0 Å². The summed E-state index contributed by atoms with van der Waals surface area (Å²) >= 11 is 0. The third-order valence-corrected chi connectivity index (χ3v) is 3.38. The molecule has 1 aromatic carbocycles. The second kappa shape index (κ2) is 7.45. The summed E-state index contributed by atoms with van der Waals surface area (Å²) in [5.41, 5.74) is 5.18. The largest absolute Gasteiger partial charge is 0.544 e. The first-order valence-electron chi connectivity index (χ1n) is 7.23. The summed E-state index contributed by atoms with van der Waals surface area (Å²) in [6, 6.07) is 3.38. The Labute approximate surface area is 141 Å². The summed E-state index contributed by atoms with van der Waals surface area (Å²) in [4.78, 5) is 44.4. The highest BCUT2D eigenvalue weighted by atomic mass is 16.4. The summed E-state index contributed by atoms with van der Waals surface area (Å²) in [7, 11) is 0. The molecule has 2 heterocycles. The summed E-state index contributed by atoms with van der Waals surface area (Å²) in [6.45, 7) is 0. The van der Waals surface area contributed by atoms with Crippen LogP contribution in [0.2, 0.25) is 0 Å². The zero-order valence-electron chi connectivity index (χ0n) is 13.0. The van der Waals surface area contributed by atoms with Gasteiger partial charge in [0.2, 0.25) is 11.8 Å². The number of carboxylic acids is 1. The summed E-state index contributed by atoms with van der Waals surface area (Å²) in [5.74, 6) is -2.12. The maximum absolute atomic E-state index is 10.6. The smallest absolute Gasteiger partial charge is 0.328 e. The summed E-state index contributed by atoms with van der Waals surface area (Å²) in [6.07, 6.45) is 1.75. The fourth-order valence-electron chi connectivity index (χ4n) is 2.20. The molecule has 7 N–H and O–H groups in total. The number of carboxylic acid groups (broad SMARTS) is 1. The molecule has 1 aliphatic heterocycles. The third-order valence-electron chi connectivity index (χ3n) is 3.38. The standard InChI is InChI=1S/C11H12N2O3.C4H4N2O3/c12-9(11(15)16)3-6-5-13-10-2-1-7(14)4-8(6)10;7-2-1-3(8)6-4(9)5-2/h1-2,4-5,9,13-14H,3,12H2,(H,15,16);1H2,(H2,5,6,7,8,9)/t9-;/m1./s1. The van der Waals surface area contributed by atoms with E-state index in [1.165, 1.54) is 0 Å². The minimum absolute atomic E-state index is 0.155. The molecule has 1 aliphatic rings. The molecular formula is C15H16N4O6. The number of hydrogen-bond donors (Lipinski definition) is 5. The van der Waals surface area contributed by atoms with Gasteiger partial charge < -0.3 is 25.7 Å². The van der Waals surface area contributed by atoms with Crippen LogP contribution in [0.1, 0.15) is 12.0 Å². The number of benzene rings is 1. The van der Waals surface area contributed by atoms with Crippen molar-refractivity contribution < 1.29 is 35.1 Å². The number of rotatable bonds is 3. The van der Waals surface area contributed by atoms with E-state index in [1.807, 2.05) is 10.6 Å². The number of quaternary nitrogens is 1. The Hall–Kier alpha value is -3.40. The first-order chi connectivity index (χ1) is 11.8. The number of phenolic OH excluding ortho intramolecular Hbond substituents is 1. The quantitative estimate of drug-likeness (QED) is 0.383. The lowest BCUT2D eigenvalue weighted by atomic mass is 10.1. The van der Waals surface area contributed by atoms with Crippen LogP contribution in [0.4, 0.5) is 4.79 Å². The number of phenols is 1. The van der Waals surface area contributed by atoms with Gasteiger partial charge in [0.1, 0.15) is 18.2 Å². The molecule has 2 aromatic rings. The summed E-state index contributed by atoms with van der Waals surface area (Å²) in [5, 5.41) is 24.6. The molecule has 10 heteroatoms. The van der Waals surface area contributed by atoms with Crippen LogP contribution >= 0.6 is 0 Å². The summed E-state index contributed by atoms with van der Waals surface area (Å²) < 4.78 is 0. The predicted molar refractivity (Wildman–Crippen MR) is 81.6 cm³/mol. The molecule has 4 amide bonds. The van der Waals surface area contributed by atoms with Crippen molar-refractivity contribution in [1.29, 1.82) is 0 Å². The molecule has 0 aliphatic carbocycles. The molecular weight excluding hydrogens is 332 g/mol. The number of urea groups is 1. The Morgan fingerprint density at radius 2 is 1.88 bits per heavy atom. The van der Waals surface area contributed by atoms with Crippen LogP contribution in [-0.2, 0) is 20.8 Å². The number of amides is 4. The first kappa shape index (κ1) is 17.9. The van der Waals surface area contributed by atoms with Crippen molar-refractivity contribution in [2.75, 3.05) is 0 Å². The average molecular weight is 348 g/mol. The number of aromatic amines is 1. The number of fused-ring (bicyclic) bond motifs is 1. The van der Waals surface area contributed by atoms with Gasteiger partial charge in [-0.05, 0) is 23.8 Å². The highest BCUT2D eigenvalue weighted by Gasteiger charge is 2.20. The molecule has 0 radical (unpaired) electrons. The van der Waals surface area contributed by atoms with Gasteiger partial charge in [0, 0.05) is 23.5 Å². The van der Waals surface area contributed by atoms with Gasteiger partial charge in [-0.3, -0.25) is 20.2 Å². The molecule has 10 nitrogen and oxygen atoms in total. The molecule has 0 saturated carbocycles. The first-order valence-corrected chi connectivity index (χ1v) is 7.23. The Bertz CT molecular complexity index is 798. The molecule has 1 aromatic heterocycles. The Morgan fingerprint density at radius 1 is 1.24 bits per heavy atom. The number of carbonyl (C=O) groups is 4. The van der Waals surface area contributed by atoms with Crippen molar-refractivity contribution in [2.45, 2.75) is 18.9 Å². The van der Waals surface area contributed by atoms with E-state index < -0.39 is 29.9 Å². The molecule has 0 spiro atoms. The lowest BCUT2D eigenvalue weighted by molar-refractivity contribution is -0.436. The molecule has 1 atom stereocenters. The van der Waals surface area contributed by atoms with Crippen LogP contribution < -0.4 is 21.5 Å². The number of barbiturate groups is 1. The predicted octanol–water partition coefficient (Wildman–Crippen LogP) is -2.48. The van der Waals surface area contributed by atoms with Gasteiger partial charge in [-0.2, -0.15) is 0 Å². The number of carbonyl (C=O) groups excluding carboxylic acids is 4. The number of imide groups is 2. The van der Waals surface area contributed by atoms with E-state index >= 15 is 0 Å². The molecule has 132 valence electrons. The normalized spacial score (nSPS) is 15.0. The highest BCUT2D eigenvalue weighted by Crippen LogP contribution is 2.23. The molecule has 0 bridgehead atoms. The van der Waals surface area contributed by atoms with Crippen molar-refractivity contribution >= 4 is 34.7 Å². The van der Waals surface area contributed by atoms with E-state index in [2.05, 4.69) is 10.7 Å². The van der Waals surface area contributed by atoms with Gasteiger partial charge in [-0.15, -0.1) is 0 Å². The zero-order valence-corrected chi connectivity index (χ0v) is 13.0. The van der Waals surface area contributed by atoms with Crippen LogP contribution in [-0.4, -0.2) is 39.9 Å². The number of aromatic nitrogens is 1. The van der Waals surface area contributed by atoms with E-state index in [9.17, 15) is 29.4 Å². The monoisotopic (exact) mass is 348 g/mol. The van der Waals surface area contributed by atoms with Crippen molar-refractivity contribution in [3.8, 4) is 5.75 Å². The Balaban J connectivity index is 0.000000212. The topological polar surface area (TPSA) is 179 Å². The lowest BCUT2D eigenvalue weighted by Crippen LogP contribution is -2.69. The van der Waals surface area contributed by atoms with Gasteiger partial charge in [0.15, 0.2) is 0 Å². The van der Waals surface area contributed by atoms with E-state index in [0.29, 0.717) is 0 Å². The van der Waals surface area contributed by atoms with Crippen molar-refractivity contribution in [1.82, 2.24) is 15.6 Å². The third kappa shape index (κ3) is 4.78. The Morgan fingerprint density at radius 3 is 2.44 bits per heavy atom. The molecule has 1 saturated heterocycles. The maximum Gasteiger partial charge on any atom is 0.328 e. The van der Waals surface area contributed by atoms with E-state index in [1.54, 1.807) is 24.4 Å². The number of aromatic hydroxyl groups is 1. The minimum atomic E-state index is -1.17. The van der Waals surface area contributed by atoms with E-state index in [0.717, 1.165) is 16.5 Å². The van der Waals surface area contributed by atoms with Crippen molar-refractivity contribution in [3.05, 3.63) is 30.0 Å². The zero-order chi connectivity index (χ0) is 18.6. The van der Waals surface area contributed by atoms with E-state index in [-0.39, 0.29) is 18.6 Å². The molecule has 3 rings (SSSR count). The molecule has 0 unspecified atom stereocenters. The Kier molecular flexibility index (Phi) is 5.35. The van der Waals surface area contributed by atoms with Crippen molar-refractivity contribution in [2.24, 2.45) is 0 Å². The lowest BCUT2D eigenvalue weighted by Gasteiger charge is -2.09. The maximum atomic E-state index is 10.6. The van der Waals surface area contributed by atoms with Gasteiger partial charge >= 0.3 is 6.03 Å². The fourth-order valence-corrected chi connectivity index (χ4v) is 2.20. The highest BCUT2D eigenvalue weighted by molar-refractivity contribution is 6.14. The van der Waals surface area contributed by atoms with Gasteiger partial charge in [0.05, 0.1) is 5.97 Å². The second-order valence-electron chi connectivity index (χ2n) is 5.37. The SMILES string of the molecule is O=C1CC(=O)NC(=O)N1.[NH3+][C@H](Cc1c[nH]c2ccc(O)cc12)C(=O)[O-]. The second-order valence-corrected chi connectivity index (χ2v) is 5.37. The van der Waals surface area contributed by atoms with Crippen molar-refractivity contribution in [3.63, 3.8) is 0 Å². The van der Waals surface area contributed by atoms with Gasteiger partial charge in [0.25, 0.3) is 0 Å². The molecule has 25 heavy (non-hydrogen) atoms. The average Bonchev–Trinajstić information content (AvgIpc) is 2.88. The fraction of sp³-hybridized carbons (Fsp3) is 0.200.